The van der Waals surface area contributed by atoms with Crippen LogP contribution < -0.4 is 15.0 Å². The van der Waals surface area contributed by atoms with E-state index >= 15 is 0 Å². The average molecular weight is 457 g/mol. The van der Waals surface area contributed by atoms with E-state index in [0.717, 1.165) is 76.3 Å². The molecule has 2 heterocycles. The molecular formula is C25H36N4O4. The zero-order valence-corrected chi connectivity index (χ0v) is 19.6. The molecule has 0 aromatic heterocycles. The molecule has 33 heavy (non-hydrogen) atoms. The van der Waals surface area contributed by atoms with Crippen LogP contribution in [0.4, 0.5) is 5.69 Å². The van der Waals surface area contributed by atoms with E-state index in [1.807, 2.05) is 18.2 Å². The number of amides is 3. The van der Waals surface area contributed by atoms with Gasteiger partial charge < -0.3 is 15.0 Å². The minimum atomic E-state index is -0.684. The van der Waals surface area contributed by atoms with Gasteiger partial charge in [-0.15, -0.1) is 0 Å². The Kier molecular flexibility index (Phi) is 7.85. The highest BCUT2D eigenvalue weighted by molar-refractivity contribution is 6.06. The first-order valence-electron chi connectivity index (χ1n) is 12.3. The number of anilines is 1. The van der Waals surface area contributed by atoms with E-state index in [0.29, 0.717) is 6.54 Å². The second-order valence-corrected chi connectivity index (χ2v) is 9.34. The average Bonchev–Trinajstić information content (AvgIpc) is 3.12. The van der Waals surface area contributed by atoms with E-state index < -0.39 is 6.04 Å². The summed E-state index contributed by atoms with van der Waals surface area (Å²) in [6.45, 7) is 4.95. The number of nitrogens with one attached hydrogen (secondary N) is 1. The minimum absolute atomic E-state index is 0.00905. The van der Waals surface area contributed by atoms with Crippen LogP contribution in [0, 0.1) is 5.92 Å². The number of hydrogen-bond acceptors (Lipinski definition) is 6. The largest absolute Gasteiger partial charge is 0.495 e. The van der Waals surface area contributed by atoms with Crippen molar-refractivity contribution in [3.63, 3.8) is 0 Å². The van der Waals surface area contributed by atoms with Gasteiger partial charge in [-0.25, -0.2) is 0 Å². The molecule has 1 aliphatic carbocycles. The van der Waals surface area contributed by atoms with Gasteiger partial charge in [-0.05, 0) is 37.9 Å². The molecule has 0 spiro atoms. The molecule has 3 amide bonds. The van der Waals surface area contributed by atoms with Crippen LogP contribution in [-0.2, 0) is 14.4 Å². The number of benzene rings is 1. The third-order valence-corrected chi connectivity index (χ3v) is 7.19. The summed E-state index contributed by atoms with van der Waals surface area (Å²) in [6, 6.07) is 7.39. The van der Waals surface area contributed by atoms with Gasteiger partial charge in [0, 0.05) is 38.6 Å². The molecule has 1 atom stereocenters. The molecule has 0 bridgehead atoms. The predicted molar refractivity (Wildman–Crippen MR) is 126 cm³/mol. The Labute approximate surface area is 196 Å². The highest BCUT2D eigenvalue weighted by Gasteiger charge is 2.40. The molecule has 3 aliphatic rings. The van der Waals surface area contributed by atoms with Gasteiger partial charge in [-0.1, -0.05) is 31.4 Å². The lowest BCUT2D eigenvalue weighted by atomic mass is 9.88. The van der Waals surface area contributed by atoms with E-state index in [-0.39, 0.29) is 30.1 Å². The zero-order chi connectivity index (χ0) is 23.2. The highest BCUT2D eigenvalue weighted by Crippen LogP contribution is 2.28. The summed E-state index contributed by atoms with van der Waals surface area (Å²) in [7, 11) is 1.70. The molecule has 8 nitrogen and oxygen atoms in total. The number of methoxy groups -OCH3 is 1. The number of rotatable bonds is 8. The first-order chi connectivity index (χ1) is 16.1. The lowest BCUT2D eigenvalue weighted by Gasteiger charge is -2.36. The lowest BCUT2D eigenvalue weighted by Crippen LogP contribution is -2.47. The van der Waals surface area contributed by atoms with Crippen LogP contribution >= 0.6 is 0 Å². The standard InChI is InChI=1S/C25H36N4O4/c1-33-22-11-6-5-10-21(22)28-16-14-27(15-17-28)12-7-13-29-23(30)18-20(25(29)32)26-24(31)19-8-3-2-4-9-19/h5-6,10-11,19-20H,2-4,7-9,12-18H2,1H3,(H,26,31)/t20-/m0/s1. The predicted octanol–water partition coefficient (Wildman–Crippen LogP) is 2.03. The number of carbonyl (C=O) groups excluding carboxylic acids is 3. The normalized spacial score (nSPS) is 22.6. The van der Waals surface area contributed by atoms with Crippen molar-refractivity contribution in [3.05, 3.63) is 24.3 Å². The number of carbonyl (C=O) groups is 3. The molecule has 2 saturated heterocycles. The van der Waals surface area contributed by atoms with E-state index in [1.54, 1.807) is 7.11 Å². The number of ether oxygens (including phenoxy) is 1. The van der Waals surface area contributed by atoms with Crippen molar-refractivity contribution in [1.29, 1.82) is 0 Å². The molecule has 1 aromatic rings. The molecule has 3 fully saturated rings. The van der Waals surface area contributed by atoms with Crippen LogP contribution in [0.5, 0.6) is 5.75 Å². The molecule has 0 unspecified atom stereocenters. The van der Waals surface area contributed by atoms with E-state index in [4.69, 9.17) is 4.74 Å². The molecule has 1 N–H and O–H groups in total. The van der Waals surface area contributed by atoms with Crippen molar-refractivity contribution in [1.82, 2.24) is 15.1 Å². The summed E-state index contributed by atoms with van der Waals surface area (Å²) in [6.07, 6.45) is 5.91. The van der Waals surface area contributed by atoms with Gasteiger partial charge in [-0.2, -0.15) is 0 Å². The van der Waals surface area contributed by atoms with Crippen molar-refractivity contribution in [2.75, 3.05) is 51.3 Å². The SMILES string of the molecule is COc1ccccc1N1CCN(CCCN2C(=O)C[C@H](NC(=O)C3CCCCC3)C2=O)CC1. The zero-order valence-electron chi connectivity index (χ0n) is 19.6. The Morgan fingerprint density at radius 2 is 1.76 bits per heavy atom. The van der Waals surface area contributed by atoms with Gasteiger partial charge in [-0.3, -0.25) is 24.2 Å². The van der Waals surface area contributed by atoms with Gasteiger partial charge in [0.1, 0.15) is 11.8 Å². The Morgan fingerprint density at radius 3 is 2.48 bits per heavy atom. The summed E-state index contributed by atoms with van der Waals surface area (Å²) in [4.78, 5) is 43.7. The van der Waals surface area contributed by atoms with Gasteiger partial charge in [0.25, 0.3) is 5.91 Å². The molecular weight excluding hydrogens is 420 g/mol. The van der Waals surface area contributed by atoms with Crippen molar-refractivity contribution in [2.45, 2.75) is 51.0 Å². The number of likely N-dealkylation sites (tertiary alicyclic amines) is 1. The molecule has 8 heteroatoms. The Balaban J connectivity index is 1.19. The van der Waals surface area contributed by atoms with E-state index in [2.05, 4.69) is 21.2 Å². The van der Waals surface area contributed by atoms with Crippen LogP contribution in [0.1, 0.15) is 44.9 Å². The summed E-state index contributed by atoms with van der Waals surface area (Å²) in [5.41, 5.74) is 1.12. The summed E-state index contributed by atoms with van der Waals surface area (Å²) in [5.74, 6) is 0.406. The summed E-state index contributed by atoms with van der Waals surface area (Å²) < 4.78 is 5.48. The first kappa shape index (κ1) is 23.5. The van der Waals surface area contributed by atoms with E-state index in [1.165, 1.54) is 11.3 Å². The fraction of sp³-hybridized carbons (Fsp3) is 0.640. The Hall–Kier alpha value is -2.61. The number of para-hydroxylation sites is 2. The maximum Gasteiger partial charge on any atom is 0.252 e. The number of hydrogen-bond donors (Lipinski definition) is 1. The quantitative estimate of drug-likeness (QED) is 0.603. The van der Waals surface area contributed by atoms with E-state index in [9.17, 15) is 14.4 Å². The van der Waals surface area contributed by atoms with Crippen molar-refractivity contribution < 1.29 is 19.1 Å². The molecule has 4 rings (SSSR count). The number of nitrogens with zero attached hydrogens (tertiary/aromatic N) is 3. The summed E-state index contributed by atoms with van der Waals surface area (Å²) >= 11 is 0. The van der Waals surface area contributed by atoms with Gasteiger partial charge in [0.2, 0.25) is 11.8 Å². The van der Waals surface area contributed by atoms with Crippen molar-refractivity contribution >= 4 is 23.4 Å². The maximum absolute atomic E-state index is 12.7. The van der Waals surface area contributed by atoms with Crippen LogP contribution in [0.15, 0.2) is 24.3 Å². The minimum Gasteiger partial charge on any atom is -0.495 e. The van der Waals surface area contributed by atoms with Crippen LogP contribution in [0.2, 0.25) is 0 Å². The first-order valence-corrected chi connectivity index (χ1v) is 12.3. The van der Waals surface area contributed by atoms with Crippen LogP contribution in [-0.4, -0.2) is 79.9 Å². The fourth-order valence-electron chi connectivity index (χ4n) is 5.24. The van der Waals surface area contributed by atoms with Gasteiger partial charge in [0.05, 0.1) is 19.2 Å². The smallest absolute Gasteiger partial charge is 0.252 e. The highest BCUT2D eigenvalue weighted by atomic mass is 16.5. The topological polar surface area (TPSA) is 82.2 Å². The Bertz CT molecular complexity index is 847. The monoisotopic (exact) mass is 456 g/mol. The molecule has 1 aromatic carbocycles. The van der Waals surface area contributed by atoms with Crippen LogP contribution in [0.25, 0.3) is 0 Å². The molecule has 2 aliphatic heterocycles. The van der Waals surface area contributed by atoms with Crippen molar-refractivity contribution in [3.8, 4) is 5.75 Å². The number of piperazine rings is 1. The maximum atomic E-state index is 12.7. The molecule has 180 valence electrons. The van der Waals surface area contributed by atoms with Gasteiger partial charge in [0.15, 0.2) is 0 Å². The van der Waals surface area contributed by atoms with Gasteiger partial charge >= 0.3 is 0 Å². The summed E-state index contributed by atoms with van der Waals surface area (Å²) in [5, 5.41) is 2.85. The fourth-order valence-corrected chi connectivity index (χ4v) is 5.24. The third-order valence-electron chi connectivity index (χ3n) is 7.19. The molecule has 0 radical (unpaired) electrons. The van der Waals surface area contributed by atoms with Crippen LogP contribution in [0.3, 0.4) is 0 Å². The number of imide groups is 1. The van der Waals surface area contributed by atoms with Crippen molar-refractivity contribution in [2.24, 2.45) is 5.92 Å². The second kappa shape index (κ2) is 11.0. The Morgan fingerprint density at radius 1 is 1.03 bits per heavy atom. The molecule has 1 saturated carbocycles. The third kappa shape index (κ3) is 5.66. The lowest BCUT2D eigenvalue weighted by molar-refractivity contribution is -0.140. The second-order valence-electron chi connectivity index (χ2n) is 9.34.